The van der Waals surface area contributed by atoms with Gasteiger partial charge in [0.2, 0.25) is 6.79 Å². The third-order valence-corrected chi connectivity index (χ3v) is 4.77. The monoisotopic (exact) mass is 260 g/mol. The average molecular weight is 260 g/mol. The van der Waals surface area contributed by atoms with Gasteiger partial charge in [0.15, 0.2) is 11.5 Å². The van der Waals surface area contributed by atoms with E-state index in [0.717, 1.165) is 17.4 Å². The number of hydrogen-bond acceptors (Lipinski definition) is 4. The summed E-state index contributed by atoms with van der Waals surface area (Å²) in [7, 11) is 0. The molecule has 4 rings (SSSR count). The lowest BCUT2D eigenvalue weighted by molar-refractivity contribution is 0.174. The number of hydrogen-bond donors (Lipinski definition) is 2. The van der Waals surface area contributed by atoms with Gasteiger partial charge in [-0.05, 0) is 48.8 Å². The lowest BCUT2D eigenvalue weighted by Gasteiger charge is -2.31. The molecule has 1 aliphatic carbocycles. The van der Waals surface area contributed by atoms with Crippen molar-refractivity contribution in [3.05, 3.63) is 23.8 Å². The van der Waals surface area contributed by atoms with E-state index >= 15 is 0 Å². The Balaban J connectivity index is 1.61. The van der Waals surface area contributed by atoms with Crippen molar-refractivity contribution >= 4 is 0 Å². The van der Waals surface area contributed by atoms with Gasteiger partial charge in [0.25, 0.3) is 0 Å². The molecule has 2 N–H and O–H groups in total. The van der Waals surface area contributed by atoms with E-state index in [1.54, 1.807) is 0 Å². The second-order valence-corrected chi connectivity index (χ2v) is 6.07. The van der Waals surface area contributed by atoms with Crippen LogP contribution in [0.3, 0.4) is 0 Å². The Labute approximate surface area is 113 Å². The predicted octanol–water partition coefficient (Wildman–Crippen LogP) is 2.37. The van der Waals surface area contributed by atoms with Crippen molar-refractivity contribution < 1.29 is 9.47 Å². The molecular formula is C15H20N2O2. The van der Waals surface area contributed by atoms with Crippen LogP contribution in [-0.4, -0.2) is 12.8 Å². The first kappa shape index (κ1) is 11.6. The summed E-state index contributed by atoms with van der Waals surface area (Å²) >= 11 is 0. The molecular weight excluding hydrogens is 240 g/mol. The third-order valence-electron chi connectivity index (χ3n) is 4.77. The molecule has 1 aromatic carbocycles. The molecule has 19 heavy (non-hydrogen) atoms. The SMILES string of the molecule is CC1CCC2NNC(c3ccc4c(c3)OCO4)C2C1. The minimum atomic E-state index is 0.345. The summed E-state index contributed by atoms with van der Waals surface area (Å²) in [6.45, 7) is 2.71. The molecule has 1 aromatic rings. The van der Waals surface area contributed by atoms with E-state index in [2.05, 4.69) is 29.9 Å². The Bertz CT molecular complexity index is 491. The van der Waals surface area contributed by atoms with Crippen LogP contribution in [-0.2, 0) is 0 Å². The van der Waals surface area contributed by atoms with Crippen LogP contribution in [0.4, 0.5) is 0 Å². The van der Waals surface area contributed by atoms with Gasteiger partial charge in [-0.15, -0.1) is 0 Å². The zero-order valence-electron chi connectivity index (χ0n) is 11.2. The molecule has 4 unspecified atom stereocenters. The van der Waals surface area contributed by atoms with Gasteiger partial charge in [-0.25, -0.2) is 5.43 Å². The van der Waals surface area contributed by atoms with Crippen LogP contribution >= 0.6 is 0 Å². The number of benzene rings is 1. The summed E-state index contributed by atoms with van der Waals surface area (Å²) in [5, 5.41) is 0. The third kappa shape index (κ3) is 1.90. The highest BCUT2D eigenvalue weighted by Crippen LogP contribution is 2.42. The minimum absolute atomic E-state index is 0.345. The zero-order chi connectivity index (χ0) is 12.8. The summed E-state index contributed by atoms with van der Waals surface area (Å²) in [6.07, 6.45) is 3.91. The van der Waals surface area contributed by atoms with E-state index < -0.39 is 0 Å². The van der Waals surface area contributed by atoms with E-state index in [1.165, 1.54) is 24.8 Å². The molecule has 1 saturated heterocycles. The topological polar surface area (TPSA) is 42.5 Å². The van der Waals surface area contributed by atoms with Crippen LogP contribution in [0.15, 0.2) is 18.2 Å². The van der Waals surface area contributed by atoms with Gasteiger partial charge in [0.1, 0.15) is 0 Å². The van der Waals surface area contributed by atoms with Gasteiger partial charge < -0.3 is 9.47 Å². The normalized spacial score (nSPS) is 36.3. The van der Waals surface area contributed by atoms with Crippen molar-refractivity contribution in [2.75, 3.05) is 6.79 Å². The van der Waals surface area contributed by atoms with Gasteiger partial charge in [-0.2, -0.15) is 0 Å². The quantitative estimate of drug-likeness (QED) is 0.813. The zero-order valence-corrected chi connectivity index (χ0v) is 11.2. The first-order valence-electron chi connectivity index (χ1n) is 7.22. The van der Waals surface area contributed by atoms with Gasteiger partial charge in [-0.3, -0.25) is 5.43 Å². The molecule has 0 bridgehead atoms. The van der Waals surface area contributed by atoms with Crippen LogP contribution in [0.5, 0.6) is 11.5 Å². The number of fused-ring (bicyclic) bond motifs is 2. The molecule has 3 aliphatic rings. The molecule has 0 radical (unpaired) electrons. The van der Waals surface area contributed by atoms with E-state index in [9.17, 15) is 0 Å². The molecule has 4 nitrogen and oxygen atoms in total. The molecule has 4 heteroatoms. The molecule has 0 aromatic heterocycles. The fourth-order valence-corrected chi connectivity index (χ4v) is 3.71. The first-order valence-corrected chi connectivity index (χ1v) is 7.22. The van der Waals surface area contributed by atoms with Crippen molar-refractivity contribution in [3.63, 3.8) is 0 Å². The molecule has 102 valence electrons. The molecule has 4 atom stereocenters. The minimum Gasteiger partial charge on any atom is -0.454 e. The van der Waals surface area contributed by atoms with Crippen LogP contribution in [0.1, 0.15) is 37.8 Å². The fraction of sp³-hybridized carbons (Fsp3) is 0.600. The van der Waals surface area contributed by atoms with E-state index in [4.69, 9.17) is 9.47 Å². The maximum atomic E-state index is 5.49. The van der Waals surface area contributed by atoms with Gasteiger partial charge in [-0.1, -0.05) is 13.0 Å². The highest BCUT2D eigenvalue weighted by molar-refractivity contribution is 5.45. The Hall–Kier alpha value is -1.26. The van der Waals surface area contributed by atoms with E-state index in [0.29, 0.717) is 24.8 Å². The molecule has 2 aliphatic heterocycles. The maximum Gasteiger partial charge on any atom is 0.231 e. The first-order chi connectivity index (χ1) is 9.31. The van der Waals surface area contributed by atoms with Crippen molar-refractivity contribution in [1.82, 2.24) is 10.9 Å². The number of nitrogens with one attached hydrogen (secondary N) is 2. The fourth-order valence-electron chi connectivity index (χ4n) is 3.71. The number of hydrazine groups is 1. The average Bonchev–Trinajstić information content (AvgIpc) is 3.03. The van der Waals surface area contributed by atoms with Gasteiger partial charge in [0.05, 0.1) is 6.04 Å². The lowest BCUT2D eigenvalue weighted by Crippen LogP contribution is -2.34. The second-order valence-electron chi connectivity index (χ2n) is 6.07. The molecule has 2 heterocycles. The number of rotatable bonds is 1. The van der Waals surface area contributed by atoms with Crippen LogP contribution in [0.25, 0.3) is 0 Å². The van der Waals surface area contributed by atoms with Crippen molar-refractivity contribution in [2.45, 2.75) is 38.3 Å². The van der Waals surface area contributed by atoms with E-state index in [-0.39, 0.29) is 0 Å². The maximum absolute atomic E-state index is 5.49. The number of ether oxygens (including phenoxy) is 2. The molecule has 0 spiro atoms. The van der Waals surface area contributed by atoms with Crippen LogP contribution in [0.2, 0.25) is 0 Å². The Morgan fingerprint density at radius 2 is 2.00 bits per heavy atom. The van der Waals surface area contributed by atoms with Gasteiger partial charge >= 0.3 is 0 Å². The Morgan fingerprint density at radius 3 is 2.95 bits per heavy atom. The van der Waals surface area contributed by atoms with Gasteiger partial charge in [0, 0.05) is 6.04 Å². The van der Waals surface area contributed by atoms with E-state index in [1.807, 2.05) is 6.07 Å². The molecule has 0 amide bonds. The standard InChI is InChI=1S/C15H20N2O2/c1-9-2-4-12-11(6-9)15(17-16-12)10-3-5-13-14(7-10)19-8-18-13/h3,5,7,9,11-12,15-17H,2,4,6,8H2,1H3. The summed E-state index contributed by atoms with van der Waals surface area (Å²) in [5.41, 5.74) is 8.26. The smallest absolute Gasteiger partial charge is 0.231 e. The van der Waals surface area contributed by atoms with Crippen LogP contribution in [0, 0.1) is 11.8 Å². The second kappa shape index (κ2) is 4.39. The summed E-state index contributed by atoms with van der Waals surface area (Å²) in [5.74, 6) is 3.26. The van der Waals surface area contributed by atoms with Crippen LogP contribution < -0.4 is 20.3 Å². The van der Waals surface area contributed by atoms with Crippen molar-refractivity contribution in [1.29, 1.82) is 0 Å². The Morgan fingerprint density at radius 1 is 1.11 bits per heavy atom. The van der Waals surface area contributed by atoms with Crippen molar-refractivity contribution in [3.8, 4) is 11.5 Å². The summed E-state index contributed by atoms with van der Waals surface area (Å²) in [6, 6.07) is 7.32. The highest BCUT2D eigenvalue weighted by atomic mass is 16.7. The lowest BCUT2D eigenvalue weighted by atomic mass is 9.75. The van der Waals surface area contributed by atoms with Crippen molar-refractivity contribution in [2.24, 2.45) is 11.8 Å². The summed E-state index contributed by atoms with van der Waals surface area (Å²) in [4.78, 5) is 0. The Kier molecular flexibility index (Phi) is 2.67. The predicted molar refractivity (Wildman–Crippen MR) is 71.9 cm³/mol. The summed E-state index contributed by atoms with van der Waals surface area (Å²) < 4.78 is 10.9. The molecule has 1 saturated carbocycles. The molecule has 2 fully saturated rings. The highest BCUT2D eigenvalue weighted by Gasteiger charge is 2.40. The largest absolute Gasteiger partial charge is 0.454 e.